The van der Waals surface area contributed by atoms with E-state index < -0.39 is 24.1 Å². The van der Waals surface area contributed by atoms with E-state index in [1.165, 1.54) is 4.90 Å². The molecule has 0 spiro atoms. The van der Waals surface area contributed by atoms with Crippen molar-refractivity contribution in [1.82, 2.24) is 15.5 Å². The van der Waals surface area contributed by atoms with Crippen molar-refractivity contribution in [2.24, 2.45) is 5.73 Å². The van der Waals surface area contributed by atoms with Gasteiger partial charge in [0.1, 0.15) is 6.04 Å². The molecule has 2 aliphatic rings. The number of fused-ring (bicyclic) bond motifs is 1. The van der Waals surface area contributed by atoms with Gasteiger partial charge in [0.25, 0.3) is 11.8 Å². The number of carbonyl (C=O) groups excluding carboxylic acids is 4. The molecule has 2 unspecified atom stereocenters. The van der Waals surface area contributed by atoms with E-state index in [1.807, 2.05) is 30.3 Å². The van der Waals surface area contributed by atoms with Crippen LogP contribution in [-0.4, -0.2) is 58.4 Å². The number of alkyl halides is 3. The molecule has 2 atom stereocenters. The fourth-order valence-electron chi connectivity index (χ4n) is 3.84. The Morgan fingerprint density at radius 1 is 1.14 bits per heavy atom. The van der Waals surface area contributed by atoms with E-state index in [2.05, 4.69) is 10.6 Å². The molecular weight excluding hydrogens is 497 g/mol. The predicted octanol–water partition coefficient (Wildman–Crippen LogP) is 1.51. The lowest BCUT2D eigenvalue weighted by molar-refractivity contribution is -0.192. The highest BCUT2D eigenvalue weighted by atomic mass is 19.4. The van der Waals surface area contributed by atoms with Crippen LogP contribution in [0.25, 0.3) is 0 Å². The number of rotatable bonds is 5. The number of nitrogens with zero attached hydrogens (tertiary/aromatic N) is 1. The maximum atomic E-state index is 12.7. The Morgan fingerprint density at radius 3 is 2.38 bits per heavy atom. The average Bonchev–Trinajstić information content (AvgIpc) is 3.18. The van der Waals surface area contributed by atoms with Crippen molar-refractivity contribution < 1.29 is 42.3 Å². The molecule has 4 amide bonds. The molecule has 0 aliphatic carbocycles. The minimum absolute atomic E-state index is 0.200. The quantitative estimate of drug-likeness (QED) is 0.435. The van der Waals surface area contributed by atoms with Crippen molar-refractivity contribution in [2.75, 3.05) is 6.54 Å². The van der Waals surface area contributed by atoms with Gasteiger partial charge in [0.15, 0.2) is 0 Å². The molecule has 196 valence electrons. The van der Waals surface area contributed by atoms with Crippen LogP contribution in [0, 0.1) is 0 Å². The number of nitrogens with two attached hydrogens (primary N) is 1. The lowest BCUT2D eigenvalue weighted by atomic mass is 10.0. The Morgan fingerprint density at radius 2 is 1.78 bits per heavy atom. The smallest absolute Gasteiger partial charge is 0.475 e. The molecule has 1 fully saturated rings. The second-order valence-electron chi connectivity index (χ2n) is 8.30. The van der Waals surface area contributed by atoms with Gasteiger partial charge < -0.3 is 21.1 Å². The summed E-state index contributed by atoms with van der Waals surface area (Å²) in [4.78, 5) is 59.1. The molecule has 0 saturated carbocycles. The Balaban J connectivity index is 0.000000479. The molecular formula is C24H23F3N4O6. The lowest BCUT2D eigenvalue weighted by Crippen LogP contribution is -2.52. The molecule has 0 radical (unpaired) electrons. The summed E-state index contributed by atoms with van der Waals surface area (Å²) in [5.41, 5.74) is 8.63. The van der Waals surface area contributed by atoms with Gasteiger partial charge in [0, 0.05) is 36.7 Å². The van der Waals surface area contributed by atoms with E-state index >= 15 is 0 Å². The zero-order chi connectivity index (χ0) is 27.3. The number of halogens is 3. The number of aliphatic carboxylic acids is 1. The van der Waals surface area contributed by atoms with Crippen LogP contribution < -0.4 is 16.4 Å². The highest BCUT2D eigenvalue weighted by molar-refractivity contribution is 6.06. The summed E-state index contributed by atoms with van der Waals surface area (Å²) < 4.78 is 31.7. The number of nitrogens with one attached hydrogen (secondary N) is 2. The number of amides is 4. The van der Waals surface area contributed by atoms with E-state index in [4.69, 9.17) is 15.6 Å². The van der Waals surface area contributed by atoms with Crippen molar-refractivity contribution in [3.8, 4) is 0 Å². The van der Waals surface area contributed by atoms with Crippen LogP contribution in [0.3, 0.4) is 0 Å². The van der Waals surface area contributed by atoms with Crippen LogP contribution in [0.2, 0.25) is 0 Å². The van der Waals surface area contributed by atoms with Gasteiger partial charge in [-0.2, -0.15) is 13.2 Å². The maximum Gasteiger partial charge on any atom is 0.490 e. The fraction of sp³-hybridized carbons (Fsp3) is 0.292. The highest BCUT2D eigenvalue weighted by Gasteiger charge is 2.39. The molecule has 4 rings (SSSR count). The minimum Gasteiger partial charge on any atom is -0.475 e. The number of hydrogen-bond donors (Lipinski definition) is 4. The van der Waals surface area contributed by atoms with Crippen molar-refractivity contribution in [1.29, 1.82) is 0 Å². The van der Waals surface area contributed by atoms with Crippen molar-refractivity contribution in [2.45, 2.75) is 37.6 Å². The lowest BCUT2D eigenvalue weighted by Gasteiger charge is -2.29. The number of imide groups is 1. The first kappa shape index (κ1) is 27.3. The highest BCUT2D eigenvalue weighted by Crippen LogP contribution is 2.28. The third kappa shape index (κ3) is 6.70. The van der Waals surface area contributed by atoms with Crippen LogP contribution in [-0.2, 0) is 20.9 Å². The zero-order valence-electron chi connectivity index (χ0n) is 19.2. The van der Waals surface area contributed by atoms with Crippen LogP contribution >= 0.6 is 0 Å². The Hall–Kier alpha value is -4.26. The second-order valence-corrected chi connectivity index (χ2v) is 8.30. The second kappa shape index (κ2) is 11.2. The van der Waals surface area contributed by atoms with Crippen LogP contribution in [0.5, 0.6) is 0 Å². The summed E-state index contributed by atoms with van der Waals surface area (Å²) >= 11 is 0. The first-order valence-electron chi connectivity index (χ1n) is 11.0. The number of hydrogen-bond acceptors (Lipinski definition) is 6. The Labute approximate surface area is 208 Å². The van der Waals surface area contributed by atoms with Crippen molar-refractivity contribution in [3.05, 3.63) is 70.8 Å². The first-order chi connectivity index (χ1) is 17.4. The third-order valence-corrected chi connectivity index (χ3v) is 5.74. The van der Waals surface area contributed by atoms with Crippen LogP contribution in [0.15, 0.2) is 48.5 Å². The number of carboxylic acids is 1. The van der Waals surface area contributed by atoms with E-state index in [0.717, 1.165) is 5.56 Å². The van der Waals surface area contributed by atoms with Crippen LogP contribution in [0.1, 0.15) is 50.7 Å². The van der Waals surface area contributed by atoms with Crippen LogP contribution in [0.4, 0.5) is 13.2 Å². The summed E-state index contributed by atoms with van der Waals surface area (Å²) in [7, 11) is 0. The van der Waals surface area contributed by atoms with Gasteiger partial charge >= 0.3 is 12.1 Å². The Bertz CT molecular complexity index is 1220. The summed E-state index contributed by atoms with van der Waals surface area (Å²) in [6.07, 6.45) is -4.58. The van der Waals surface area contributed by atoms with E-state index in [9.17, 15) is 32.3 Å². The normalized spacial score (nSPS) is 17.8. The molecule has 10 nitrogen and oxygen atoms in total. The number of benzene rings is 2. The summed E-state index contributed by atoms with van der Waals surface area (Å²) in [6.45, 7) is 0.506. The molecule has 2 aromatic rings. The number of carboxylic acid groups (broad SMARTS) is 1. The fourth-order valence-corrected chi connectivity index (χ4v) is 3.84. The summed E-state index contributed by atoms with van der Waals surface area (Å²) in [6, 6.07) is 13.4. The van der Waals surface area contributed by atoms with E-state index in [0.29, 0.717) is 23.1 Å². The largest absolute Gasteiger partial charge is 0.490 e. The topological polar surface area (TPSA) is 159 Å². The molecule has 2 aromatic carbocycles. The maximum absolute atomic E-state index is 12.7. The van der Waals surface area contributed by atoms with E-state index in [-0.39, 0.29) is 43.3 Å². The van der Waals surface area contributed by atoms with Gasteiger partial charge in [0.2, 0.25) is 11.8 Å². The summed E-state index contributed by atoms with van der Waals surface area (Å²) in [5, 5.41) is 12.2. The van der Waals surface area contributed by atoms with Crippen molar-refractivity contribution in [3.63, 3.8) is 0 Å². The Kier molecular flexibility index (Phi) is 8.28. The SMILES string of the molecule is NC(CNC(=O)c1ccc2c(c1)CN(C1CCC(=O)NC1=O)C2=O)c1ccccc1.O=C(O)C(F)(F)F. The predicted molar refractivity (Wildman–Crippen MR) is 122 cm³/mol. The van der Waals surface area contributed by atoms with Gasteiger partial charge in [-0.3, -0.25) is 24.5 Å². The van der Waals surface area contributed by atoms with Crippen molar-refractivity contribution >= 4 is 29.6 Å². The number of piperidine rings is 1. The number of carbonyl (C=O) groups is 5. The third-order valence-electron chi connectivity index (χ3n) is 5.74. The molecule has 2 aliphatic heterocycles. The molecule has 37 heavy (non-hydrogen) atoms. The summed E-state index contributed by atoms with van der Waals surface area (Å²) in [5.74, 6) is -4.09. The average molecular weight is 520 g/mol. The monoisotopic (exact) mass is 520 g/mol. The first-order valence-corrected chi connectivity index (χ1v) is 11.0. The van der Waals surface area contributed by atoms with Gasteiger partial charge in [-0.1, -0.05) is 30.3 Å². The molecule has 2 heterocycles. The zero-order valence-corrected chi connectivity index (χ0v) is 19.2. The minimum atomic E-state index is -5.08. The molecule has 0 aromatic heterocycles. The molecule has 13 heteroatoms. The molecule has 0 bridgehead atoms. The molecule has 1 saturated heterocycles. The van der Waals surface area contributed by atoms with Gasteiger partial charge in [-0.15, -0.1) is 0 Å². The van der Waals surface area contributed by atoms with Gasteiger partial charge in [-0.25, -0.2) is 4.79 Å². The van der Waals surface area contributed by atoms with Gasteiger partial charge in [-0.05, 0) is 35.7 Å². The standard InChI is InChI=1S/C22H22N4O4.C2HF3O2/c23-17(13-4-2-1-3-5-13)11-24-20(28)14-6-7-16-15(10-14)12-26(22(16)30)18-8-9-19(27)25-21(18)29;3-2(4,5)1(6)7/h1-7,10,17-18H,8-9,11-12,23H2,(H,24,28)(H,25,27,29);(H,6,7). The van der Waals surface area contributed by atoms with Gasteiger partial charge in [0.05, 0.1) is 0 Å². The van der Waals surface area contributed by atoms with E-state index in [1.54, 1.807) is 18.2 Å². The molecule has 5 N–H and O–H groups in total.